The molecule has 3 aromatic heterocycles. The molecule has 0 spiro atoms. The van der Waals surface area contributed by atoms with Gasteiger partial charge >= 0.3 is 0 Å². The minimum Gasteiger partial charge on any atom is -0.478 e. The number of ether oxygens (including phenoxy) is 2. The van der Waals surface area contributed by atoms with Gasteiger partial charge in [-0.25, -0.2) is 4.98 Å². The molecule has 0 saturated heterocycles. The van der Waals surface area contributed by atoms with Crippen molar-refractivity contribution in [2.75, 3.05) is 13.2 Å². The van der Waals surface area contributed by atoms with Crippen LogP contribution in [0.3, 0.4) is 0 Å². The number of aromatic amines is 2. The molecule has 0 aliphatic carbocycles. The Balaban J connectivity index is 2.04. The quantitative estimate of drug-likeness (QED) is 0.615. The Labute approximate surface area is 160 Å². The van der Waals surface area contributed by atoms with Crippen molar-refractivity contribution in [2.45, 2.75) is 13.8 Å². The Morgan fingerprint density at radius 2 is 1.27 bits per heavy atom. The molecule has 0 aliphatic rings. The average molecular weight is 387 g/mol. The van der Waals surface area contributed by atoms with Crippen LogP contribution in [0.4, 0.5) is 0 Å². The molecule has 0 unspecified atom stereocenters. The Morgan fingerprint density at radius 1 is 0.808 bits per heavy atom. The molecule has 0 fully saturated rings. The van der Waals surface area contributed by atoms with Gasteiger partial charge in [0, 0.05) is 12.1 Å². The van der Waals surface area contributed by atoms with Gasteiger partial charge in [-0.15, -0.1) is 0 Å². The molecular weight excluding hydrogens is 370 g/mol. The Bertz CT molecular complexity index is 953. The lowest BCUT2D eigenvalue weighted by atomic mass is 10.2. The number of H-pyrrole nitrogens is 2. The van der Waals surface area contributed by atoms with E-state index in [0.29, 0.717) is 57.3 Å². The van der Waals surface area contributed by atoms with Gasteiger partial charge in [0.25, 0.3) is 0 Å². The monoisotopic (exact) mass is 387 g/mol. The molecule has 7 nitrogen and oxygen atoms in total. The molecule has 0 aliphatic heterocycles. The highest BCUT2D eigenvalue weighted by Crippen LogP contribution is 2.23. The van der Waals surface area contributed by atoms with Gasteiger partial charge in [0.15, 0.2) is 0 Å². The van der Waals surface area contributed by atoms with Crippen LogP contribution in [0.15, 0.2) is 30.3 Å². The third-order valence-corrected chi connectivity index (χ3v) is 3.71. The van der Waals surface area contributed by atoms with E-state index in [0.717, 1.165) is 0 Å². The van der Waals surface area contributed by atoms with Gasteiger partial charge in [0.05, 0.1) is 36.0 Å². The number of rotatable bonds is 6. The summed E-state index contributed by atoms with van der Waals surface area (Å²) in [5.74, 6) is 0.917. The van der Waals surface area contributed by atoms with Gasteiger partial charge in [-0.05, 0) is 50.4 Å². The first kappa shape index (κ1) is 18.2. The standard InChI is InChI=1S/C17H17N5O2S2/c1-3-23-14-8-12(19-16(25)21-14)10-6-5-7-11(18-10)13-9-15(24-4-2)22-17(26)20-13/h5-9H,3-4H2,1-2H3,(H,19,21,25)(H,20,22,26). The van der Waals surface area contributed by atoms with Crippen LogP contribution in [0.5, 0.6) is 11.8 Å². The molecule has 3 aromatic rings. The van der Waals surface area contributed by atoms with Gasteiger partial charge < -0.3 is 19.4 Å². The number of nitrogens with zero attached hydrogens (tertiary/aromatic N) is 3. The third kappa shape index (κ3) is 4.30. The molecule has 0 saturated carbocycles. The number of hydrogen-bond donors (Lipinski definition) is 2. The van der Waals surface area contributed by atoms with Crippen LogP contribution in [0.25, 0.3) is 22.8 Å². The molecule has 0 amide bonds. The number of aromatic nitrogens is 5. The molecule has 0 bridgehead atoms. The summed E-state index contributed by atoms with van der Waals surface area (Å²) in [5.41, 5.74) is 2.83. The van der Waals surface area contributed by atoms with Crippen LogP contribution in [0.1, 0.15) is 13.8 Å². The van der Waals surface area contributed by atoms with Crippen molar-refractivity contribution in [3.05, 3.63) is 39.9 Å². The summed E-state index contributed by atoms with van der Waals surface area (Å²) in [7, 11) is 0. The van der Waals surface area contributed by atoms with Crippen LogP contribution in [-0.4, -0.2) is 38.1 Å². The van der Waals surface area contributed by atoms with E-state index in [1.54, 1.807) is 12.1 Å². The molecule has 2 N–H and O–H groups in total. The average Bonchev–Trinajstić information content (AvgIpc) is 2.61. The van der Waals surface area contributed by atoms with Crippen molar-refractivity contribution in [1.82, 2.24) is 24.9 Å². The normalized spacial score (nSPS) is 10.5. The summed E-state index contributed by atoms with van der Waals surface area (Å²) in [6.45, 7) is 4.79. The van der Waals surface area contributed by atoms with Crippen LogP contribution in [0.2, 0.25) is 0 Å². The molecule has 0 atom stereocenters. The van der Waals surface area contributed by atoms with Crippen molar-refractivity contribution >= 4 is 24.4 Å². The van der Waals surface area contributed by atoms with Crippen molar-refractivity contribution in [3.63, 3.8) is 0 Å². The van der Waals surface area contributed by atoms with E-state index in [2.05, 4.69) is 24.9 Å². The second kappa shape index (κ2) is 8.15. The molecule has 0 radical (unpaired) electrons. The molecular formula is C17H17N5O2S2. The SMILES string of the molecule is CCOc1cc(-c2cccc(-c3cc(OCC)nc(=S)[nH]3)n2)[nH]c(=S)n1. The fourth-order valence-electron chi connectivity index (χ4n) is 2.32. The molecule has 134 valence electrons. The summed E-state index contributed by atoms with van der Waals surface area (Å²) < 4.78 is 11.6. The van der Waals surface area contributed by atoms with Crippen LogP contribution < -0.4 is 9.47 Å². The smallest absolute Gasteiger partial charge is 0.218 e. The summed E-state index contributed by atoms with van der Waals surface area (Å²) in [6.07, 6.45) is 0. The predicted molar refractivity (Wildman–Crippen MR) is 103 cm³/mol. The number of nitrogens with one attached hydrogen (secondary N) is 2. The Morgan fingerprint density at radius 3 is 1.69 bits per heavy atom. The maximum Gasteiger partial charge on any atom is 0.218 e. The number of pyridine rings is 1. The van der Waals surface area contributed by atoms with E-state index in [4.69, 9.17) is 33.9 Å². The fraction of sp³-hybridized carbons (Fsp3) is 0.235. The lowest BCUT2D eigenvalue weighted by Crippen LogP contribution is -1.99. The molecule has 9 heteroatoms. The summed E-state index contributed by atoms with van der Waals surface area (Å²) in [6, 6.07) is 9.18. The summed E-state index contributed by atoms with van der Waals surface area (Å²) in [4.78, 5) is 19.0. The first-order valence-electron chi connectivity index (χ1n) is 8.05. The predicted octanol–water partition coefficient (Wildman–Crippen LogP) is 4.12. The van der Waals surface area contributed by atoms with Gasteiger partial charge in [-0.3, -0.25) is 0 Å². The topological polar surface area (TPSA) is 88.7 Å². The lowest BCUT2D eigenvalue weighted by molar-refractivity contribution is 0.325. The highest BCUT2D eigenvalue weighted by molar-refractivity contribution is 7.71. The second-order valence-corrected chi connectivity index (χ2v) is 5.92. The highest BCUT2D eigenvalue weighted by atomic mass is 32.1. The molecule has 3 heterocycles. The Kier molecular flexibility index (Phi) is 5.69. The van der Waals surface area contributed by atoms with E-state index >= 15 is 0 Å². The minimum absolute atomic E-state index is 0.333. The van der Waals surface area contributed by atoms with Crippen molar-refractivity contribution < 1.29 is 9.47 Å². The third-order valence-electron chi connectivity index (χ3n) is 3.33. The largest absolute Gasteiger partial charge is 0.478 e. The number of hydrogen-bond acceptors (Lipinski definition) is 7. The zero-order chi connectivity index (χ0) is 18.5. The molecule has 3 rings (SSSR count). The van der Waals surface area contributed by atoms with Crippen molar-refractivity contribution in [2.24, 2.45) is 0 Å². The van der Waals surface area contributed by atoms with Crippen molar-refractivity contribution in [1.29, 1.82) is 0 Å². The Hall–Kier alpha value is -2.65. The summed E-state index contributed by atoms with van der Waals surface area (Å²) >= 11 is 10.3. The maximum atomic E-state index is 5.45. The molecule has 26 heavy (non-hydrogen) atoms. The lowest BCUT2D eigenvalue weighted by Gasteiger charge is -2.08. The van der Waals surface area contributed by atoms with E-state index in [1.165, 1.54) is 0 Å². The van der Waals surface area contributed by atoms with Crippen LogP contribution in [0, 0.1) is 9.54 Å². The van der Waals surface area contributed by atoms with E-state index in [9.17, 15) is 0 Å². The van der Waals surface area contributed by atoms with E-state index in [-0.39, 0.29) is 0 Å². The first-order valence-corrected chi connectivity index (χ1v) is 8.86. The van der Waals surface area contributed by atoms with Crippen molar-refractivity contribution in [3.8, 4) is 34.5 Å². The maximum absolute atomic E-state index is 5.45. The fourth-order valence-corrected chi connectivity index (χ4v) is 2.72. The zero-order valence-corrected chi connectivity index (χ0v) is 15.9. The van der Waals surface area contributed by atoms with Gasteiger partial charge in [-0.1, -0.05) is 6.07 Å². The highest BCUT2D eigenvalue weighted by Gasteiger charge is 2.08. The molecule has 0 aromatic carbocycles. The van der Waals surface area contributed by atoms with Gasteiger partial charge in [0.1, 0.15) is 0 Å². The van der Waals surface area contributed by atoms with Crippen LogP contribution in [-0.2, 0) is 0 Å². The van der Waals surface area contributed by atoms with Crippen LogP contribution >= 0.6 is 24.4 Å². The minimum atomic E-state index is 0.333. The van der Waals surface area contributed by atoms with Gasteiger partial charge in [-0.2, -0.15) is 9.97 Å². The van der Waals surface area contributed by atoms with E-state index in [1.807, 2.05) is 32.0 Å². The first-order chi connectivity index (χ1) is 12.6. The summed E-state index contributed by atoms with van der Waals surface area (Å²) in [5, 5.41) is 0. The zero-order valence-electron chi connectivity index (χ0n) is 14.3. The van der Waals surface area contributed by atoms with E-state index < -0.39 is 0 Å². The van der Waals surface area contributed by atoms with Gasteiger partial charge in [0.2, 0.25) is 21.3 Å². The second-order valence-electron chi connectivity index (χ2n) is 5.15.